The standard InChI is InChI=1S/C12H19NO3/c1-8(4-7-12(14)15)13-10(3)11-6-5-9(2)16-11/h5-6,8,10,13H,4,7H2,1-3H3,(H,14,15). The summed E-state index contributed by atoms with van der Waals surface area (Å²) in [5.41, 5.74) is 0. The van der Waals surface area contributed by atoms with Crippen LogP contribution in [-0.4, -0.2) is 17.1 Å². The molecule has 1 aromatic heterocycles. The van der Waals surface area contributed by atoms with E-state index in [-0.39, 0.29) is 18.5 Å². The first-order valence-electron chi connectivity index (χ1n) is 5.53. The van der Waals surface area contributed by atoms with E-state index in [9.17, 15) is 4.79 Å². The Hall–Kier alpha value is -1.29. The monoisotopic (exact) mass is 225 g/mol. The molecule has 4 heteroatoms. The molecule has 0 bridgehead atoms. The third-order valence-corrected chi connectivity index (χ3v) is 2.51. The largest absolute Gasteiger partial charge is 0.481 e. The summed E-state index contributed by atoms with van der Waals surface area (Å²) < 4.78 is 5.49. The van der Waals surface area contributed by atoms with E-state index in [1.54, 1.807) is 0 Å². The van der Waals surface area contributed by atoms with Gasteiger partial charge in [0, 0.05) is 12.5 Å². The van der Waals surface area contributed by atoms with Gasteiger partial charge in [0.25, 0.3) is 0 Å². The van der Waals surface area contributed by atoms with Crippen molar-refractivity contribution >= 4 is 5.97 Å². The Kier molecular flexibility index (Phi) is 4.55. The van der Waals surface area contributed by atoms with Gasteiger partial charge >= 0.3 is 5.97 Å². The first kappa shape index (κ1) is 12.8. The fraction of sp³-hybridized carbons (Fsp3) is 0.583. The van der Waals surface area contributed by atoms with Crippen LogP contribution in [0.3, 0.4) is 0 Å². The fourth-order valence-electron chi connectivity index (χ4n) is 1.62. The first-order valence-corrected chi connectivity index (χ1v) is 5.53. The summed E-state index contributed by atoms with van der Waals surface area (Å²) in [4.78, 5) is 10.4. The average Bonchev–Trinajstić information content (AvgIpc) is 2.62. The zero-order valence-electron chi connectivity index (χ0n) is 9.99. The van der Waals surface area contributed by atoms with Gasteiger partial charge in [0.05, 0.1) is 6.04 Å². The van der Waals surface area contributed by atoms with Gasteiger partial charge in [0.2, 0.25) is 0 Å². The number of carbonyl (C=O) groups is 1. The van der Waals surface area contributed by atoms with Gasteiger partial charge in [0.1, 0.15) is 11.5 Å². The van der Waals surface area contributed by atoms with Crippen LogP contribution in [0.1, 0.15) is 44.3 Å². The SMILES string of the molecule is Cc1ccc(C(C)NC(C)CCC(=O)O)o1. The van der Waals surface area contributed by atoms with Crippen LogP contribution < -0.4 is 5.32 Å². The minimum Gasteiger partial charge on any atom is -0.481 e. The van der Waals surface area contributed by atoms with Gasteiger partial charge in [-0.05, 0) is 39.3 Å². The minimum atomic E-state index is -0.754. The molecule has 0 aliphatic heterocycles. The molecule has 0 fully saturated rings. The molecule has 0 aliphatic carbocycles. The second-order valence-electron chi connectivity index (χ2n) is 4.17. The highest BCUT2D eigenvalue weighted by molar-refractivity contribution is 5.66. The highest BCUT2D eigenvalue weighted by Crippen LogP contribution is 2.16. The molecule has 0 saturated carbocycles. The molecule has 0 spiro atoms. The van der Waals surface area contributed by atoms with Gasteiger partial charge in [-0.15, -0.1) is 0 Å². The number of hydrogen-bond donors (Lipinski definition) is 2. The number of aryl methyl sites for hydroxylation is 1. The number of carboxylic acid groups (broad SMARTS) is 1. The Morgan fingerprint density at radius 2 is 2.19 bits per heavy atom. The summed E-state index contributed by atoms with van der Waals surface area (Å²) in [6.07, 6.45) is 0.817. The lowest BCUT2D eigenvalue weighted by Gasteiger charge is -2.17. The van der Waals surface area contributed by atoms with Crippen LogP contribution in [0.2, 0.25) is 0 Å². The van der Waals surface area contributed by atoms with Crippen LogP contribution in [-0.2, 0) is 4.79 Å². The van der Waals surface area contributed by atoms with Crippen LogP contribution in [0, 0.1) is 6.92 Å². The number of furan rings is 1. The molecule has 16 heavy (non-hydrogen) atoms. The summed E-state index contributed by atoms with van der Waals surface area (Å²) in [6, 6.07) is 4.14. The Morgan fingerprint density at radius 3 is 2.69 bits per heavy atom. The Bertz CT molecular complexity index is 346. The smallest absolute Gasteiger partial charge is 0.303 e. The van der Waals surface area contributed by atoms with Crippen molar-refractivity contribution in [2.75, 3.05) is 0 Å². The maximum atomic E-state index is 10.4. The molecule has 0 radical (unpaired) electrons. The van der Waals surface area contributed by atoms with E-state index in [2.05, 4.69) is 5.32 Å². The van der Waals surface area contributed by atoms with E-state index < -0.39 is 5.97 Å². The lowest BCUT2D eigenvalue weighted by Crippen LogP contribution is -2.29. The topological polar surface area (TPSA) is 62.5 Å². The summed E-state index contributed by atoms with van der Waals surface area (Å²) in [5, 5.41) is 11.9. The van der Waals surface area contributed by atoms with E-state index in [0.29, 0.717) is 6.42 Å². The fourth-order valence-corrected chi connectivity index (χ4v) is 1.62. The molecule has 4 nitrogen and oxygen atoms in total. The quantitative estimate of drug-likeness (QED) is 0.780. The summed E-state index contributed by atoms with van der Waals surface area (Å²) in [6.45, 7) is 5.90. The van der Waals surface area contributed by atoms with E-state index in [4.69, 9.17) is 9.52 Å². The third kappa shape index (κ3) is 4.06. The molecule has 0 aromatic carbocycles. The lowest BCUT2D eigenvalue weighted by atomic mass is 10.1. The first-order chi connectivity index (χ1) is 7.49. The zero-order chi connectivity index (χ0) is 12.1. The number of nitrogens with one attached hydrogen (secondary N) is 1. The van der Waals surface area contributed by atoms with Gasteiger partial charge in [-0.25, -0.2) is 0 Å². The normalized spacial score (nSPS) is 14.7. The molecule has 1 rings (SSSR count). The van der Waals surface area contributed by atoms with Crippen molar-refractivity contribution in [2.24, 2.45) is 0 Å². The second kappa shape index (κ2) is 5.70. The van der Waals surface area contributed by atoms with Gasteiger partial charge in [-0.2, -0.15) is 0 Å². The predicted molar refractivity (Wildman–Crippen MR) is 61.3 cm³/mol. The second-order valence-corrected chi connectivity index (χ2v) is 4.17. The highest BCUT2D eigenvalue weighted by Gasteiger charge is 2.13. The van der Waals surface area contributed by atoms with Crippen LogP contribution >= 0.6 is 0 Å². The Labute approximate surface area is 95.7 Å². The number of rotatable bonds is 6. The number of hydrogen-bond acceptors (Lipinski definition) is 3. The molecule has 1 aromatic rings. The minimum absolute atomic E-state index is 0.109. The summed E-state index contributed by atoms with van der Waals surface area (Å²) in [7, 11) is 0. The van der Waals surface area contributed by atoms with Gasteiger partial charge in [-0.3, -0.25) is 4.79 Å². The average molecular weight is 225 g/mol. The van der Waals surface area contributed by atoms with Crippen molar-refractivity contribution in [3.05, 3.63) is 23.7 Å². The lowest BCUT2D eigenvalue weighted by molar-refractivity contribution is -0.137. The van der Waals surface area contributed by atoms with Crippen LogP contribution in [0.4, 0.5) is 0 Å². The van der Waals surface area contributed by atoms with Gasteiger partial charge in [-0.1, -0.05) is 0 Å². The van der Waals surface area contributed by atoms with Gasteiger partial charge in [0.15, 0.2) is 0 Å². The maximum Gasteiger partial charge on any atom is 0.303 e. The zero-order valence-corrected chi connectivity index (χ0v) is 9.99. The number of aliphatic carboxylic acids is 1. The third-order valence-electron chi connectivity index (χ3n) is 2.51. The van der Waals surface area contributed by atoms with E-state index in [0.717, 1.165) is 11.5 Å². The van der Waals surface area contributed by atoms with Crippen LogP contribution in [0.25, 0.3) is 0 Å². The molecular formula is C12H19NO3. The molecular weight excluding hydrogens is 206 g/mol. The molecule has 0 aliphatic rings. The van der Waals surface area contributed by atoms with Crippen molar-refractivity contribution in [1.82, 2.24) is 5.32 Å². The van der Waals surface area contributed by atoms with Gasteiger partial charge < -0.3 is 14.8 Å². The van der Waals surface area contributed by atoms with Crippen LogP contribution in [0.5, 0.6) is 0 Å². The predicted octanol–water partition coefficient (Wildman–Crippen LogP) is 2.49. The Balaban J connectivity index is 2.39. The maximum absolute atomic E-state index is 10.4. The molecule has 1 heterocycles. The van der Waals surface area contributed by atoms with Crippen molar-refractivity contribution in [3.8, 4) is 0 Å². The molecule has 2 unspecified atom stereocenters. The number of carboxylic acids is 1. The van der Waals surface area contributed by atoms with Crippen molar-refractivity contribution < 1.29 is 14.3 Å². The summed E-state index contributed by atoms with van der Waals surface area (Å²) >= 11 is 0. The highest BCUT2D eigenvalue weighted by atomic mass is 16.4. The van der Waals surface area contributed by atoms with Crippen molar-refractivity contribution in [1.29, 1.82) is 0 Å². The van der Waals surface area contributed by atoms with E-state index in [1.807, 2.05) is 32.9 Å². The van der Waals surface area contributed by atoms with Crippen molar-refractivity contribution in [3.63, 3.8) is 0 Å². The molecule has 2 atom stereocenters. The summed E-state index contributed by atoms with van der Waals surface area (Å²) in [5.74, 6) is 1.02. The molecule has 90 valence electrons. The van der Waals surface area contributed by atoms with E-state index in [1.165, 1.54) is 0 Å². The van der Waals surface area contributed by atoms with Crippen molar-refractivity contribution in [2.45, 2.75) is 45.7 Å². The molecule has 0 amide bonds. The Morgan fingerprint density at radius 1 is 1.50 bits per heavy atom. The van der Waals surface area contributed by atoms with E-state index >= 15 is 0 Å². The molecule has 2 N–H and O–H groups in total. The van der Waals surface area contributed by atoms with Crippen LogP contribution in [0.15, 0.2) is 16.5 Å². The molecule has 0 saturated heterocycles.